The minimum Gasteiger partial charge on any atom is -0.484 e. The summed E-state index contributed by atoms with van der Waals surface area (Å²) in [7, 11) is 0. The van der Waals surface area contributed by atoms with Crippen molar-refractivity contribution in [3.05, 3.63) is 40.3 Å². The molecule has 1 aromatic rings. The van der Waals surface area contributed by atoms with Crippen LogP contribution in [0.1, 0.15) is 11.6 Å². The number of primary amides is 1. The molecular weight excluding hydrogens is 260 g/mol. The zero-order valence-corrected chi connectivity index (χ0v) is 10.7. The van der Waals surface area contributed by atoms with Crippen LogP contribution in [-0.2, 0) is 4.79 Å². The number of nitrogens with one attached hydrogen (secondary N) is 1. The van der Waals surface area contributed by atoms with Crippen LogP contribution in [0.25, 0.3) is 10.4 Å². The number of nitrogens with zero attached hydrogens (tertiary/aromatic N) is 4. The Morgan fingerprint density at radius 3 is 2.80 bits per heavy atom. The molecule has 8 heteroatoms. The second-order valence-electron chi connectivity index (χ2n) is 3.79. The van der Waals surface area contributed by atoms with Gasteiger partial charge in [0.15, 0.2) is 6.61 Å². The highest BCUT2D eigenvalue weighted by Gasteiger charge is 2.09. The molecule has 1 amide bonds. The normalized spacial score (nSPS) is 10.9. The van der Waals surface area contributed by atoms with E-state index in [0.717, 1.165) is 5.56 Å². The van der Waals surface area contributed by atoms with Gasteiger partial charge in [-0.3, -0.25) is 10.1 Å². The summed E-state index contributed by atoms with van der Waals surface area (Å²) in [6.45, 7) is 0.488. The quantitative estimate of drug-likeness (QED) is 0.316. The van der Waals surface area contributed by atoms with Crippen molar-refractivity contribution in [1.82, 2.24) is 5.32 Å². The molecule has 0 saturated heterocycles. The molecule has 1 rings (SSSR count). The van der Waals surface area contributed by atoms with Gasteiger partial charge in [-0.1, -0.05) is 17.2 Å². The van der Waals surface area contributed by atoms with Crippen molar-refractivity contribution in [3.8, 4) is 11.8 Å². The van der Waals surface area contributed by atoms with Crippen molar-refractivity contribution in [2.75, 3.05) is 19.7 Å². The highest BCUT2D eigenvalue weighted by molar-refractivity contribution is 5.75. The van der Waals surface area contributed by atoms with Crippen LogP contribution >= 0.6 is 0 Å². The number of carbonyl (C=O) groups excluding carboxylic acids is 1. The maximum atomic E-state index is 10.6. The highest BCUT2D eigenvalue weighted by atomic mass is 16.5. The van der Waals surface area contributed by atoms with Crippen LogP contribution in [0.15, 0.2) is 29.4 Å². The van der Waals surface area contributed by atoms with E-state index in [2.05, 4.69) is 21.4 Å². The Morgan fingerprint density at radius 1 is 1.55 bits per heavy atom. The van der Waals surface area contributed by atoms with E-state index in [4.69, 9.17) is 21.3 Å². The summed E-state index contributed by atoms with van der Waals surface area (Å²) in [5.74, 6) is -0.0537. The maximum absolute atomic E-state index is 10.6. The minimum atomic E-state index is -0.552. The van der Waals surface area contributed by atoms with Gasteiger partial charge in [0.05, 0.1) is 6.07 Å². The Kier molecular flexibility index (Phi) is 6.41. The summed E-state index contributed by atoms with van der Waals surface area (Å²) in [5.41, 5.74) is 13.9. The maximum Gasteiger partial charge on any atom is 0.255 e. The molecule has 20 heavy (non-hydrogen) atoms. The first kappa shape index (κ1) is 15.3. The molecule has 0 aliphatic rings. The van der Waals surface area contributed by atoms with Gasteiger partial charge in [-0.15, -0.1) is 0 Å². The third-order valence-electron chi connectivity index (χ3n) is 2.35. The van der Waals surface area contributed by atoms with Crippen LogP contribution < -0.4 is 15.8 Å². The number of rotatable bonds is 8. The number of carbonyl (C=O) groups is 1. The number of amides is 1. The van der Waals surface area contributed by atoms with Gasteiger partial charge in [0, 0.05) is 18.0 Å². The van der Waals surface area contributed by atoms with Crippen molar-refractivity contribution >= 4 is 5.91 Å². The van der Waals surface area contributed by atoms with E-state index in [9.17, 15) is 4.79 Å². The second kappa shape index (κ2) is 8.37. The lowest BCUT2D eigenvalue weighted by Crippen LogP contribution is -2.22. The SMILES string of the molecule is N#CC(NCCN=[N+]=[N-])c1ccc(OCC(N)=O)cc1. The zero-order valence-electron chi connectivity index (χ0n) is 10.7. The van der Waals surface area contributed by atoms with Gasteiger partial charge < -0.3 is 10.5 Å². The molecule has 3 N–H and O–H groups in total. The molecule has 0 saturated carbocycles. The smallest absolute Gasteiger partial charge is 0.255 e. The Hall–Kier alpha value is -2.75. The molecule has 0 bridgehead atoms. The number of benzene rings is 1. The van der Waals surface area contributed by atoms with Crippen molar-refractivity contribution in [3.63, 3.8) is 0 Å². The molecule has 104 valence electrons. The molecule has 1 atom stereocenters. The van der Waals surface area contributed by atoms with E-state index in [0.29, 0.717) is 12.3 Å². The molecular formula is C12H14N6O2. The number of azide groups is 1. The Bertz CT molecular complexity index is 530. The first-order chi connectivity index (χ1) is 9.67. The summed E-state index contributed by atoms with van der Waals surface area (Å²) >= 11 is 0. The molecule has 0 radical (unpaired) electrons. The predicted octanol–water partition coefficient (Wildman–Crippen LogP) is 1.02. The number of nitriles is 1. The summed E-state index contributed by atoms with van der Waals surface area (Å²) in [5, 5.41) is 15.4. The largest absolute Gasteiger partial charge is 0.484 e. The van der Waals surface area contributed by atoms with E-state index in [1.165, 1.54) is 0 Å². The van der Waals surface area contributed by atoms with Gasteiger partial charge in [-0.2, -0.15) is 5.26 Å². The fraction of sp³-hybridized carbons (Fsp3) is 0.333. The molecule has 0 heterocycles. The minimum absolute atomic E-state index is 0.189. The molecule has 0 aromatic heterocycles. The summed E-state index contributed by atoms with van der Waals surface area (Å²) in [6.07, 6.45) is 0. The van der Waals surface area contributed by atoms with Crippen molar-refractivity contribution in [2.45, 2.75) is 6.04 Å². The lowest BCUT2D eigenvalue weighted by atomic mass is 10.1. The van der Waals surface area contributed by atoms with Crippen molar-refractivity contribution in [1.29, 1.82) is 5.26 Å². The van der Waals surface area contributed by atoms with Crippen LogP contribution in [-0.4, -0.2) is 25.6 Å². The zero-order chi connectivity index (χ0) is 14.8. The van der Waals surface area contributed by atoms with Crippen LogP contribution in [0, 0.1) is 11.3 Å². The summed E-state index contributed by atoms with van der Waals surface area (Å²) in [4.78, 5) is 13.2. The number of hydrogen-bond donors (Lipinski definition) is 2. The molecule has 0 spiro atoms. The fourth-order valence-corrected chi connectivity index (χ4v) is 1.45. The lowest BCUT2D eigenvalue weighted by molar-refractivity contribution is -0.119. The predicted molar refractivity (Wildman–Crippen MR) is 71.5 cm³/mol. The number of ether oxygens (including phenoxy) is 1. The van der Waals surface area contributed by atoms with Gasteiger partial charge in [-0.25, -0.2) is 0 Å². The third-order valence-corrected chi connectivity index (χ3v) is 2.35. The van der Waals surface area contributed by atoms with Gasteiger partial charge in [-0.05, 0) is 23.2 Å². The monoisotopic (exact) mass is 274 g/mol. The van der Waals surface area contributed by atoms with Gasteiger partial charge >= 0.3 is 0 Å². The van der Waals surface area contributed by atoms with E-state index < -0.39 is 11.9 Å². The van der Waals surface area contributed by atoms with Crippen LogP contribution in [0.4, 0.5) is 0 Å². The van der Waals surface area contributed by atoms with Crippen LogP contribution in [0.3, 0.4) is 0 Å². The van der Waals surface area contributed by atoms with Crippen molar-refractivity contribution in [2.24, 2.45) is 10.8 Å². The van der Waals surface area contributed by atoms with Gasteiger partial charge in [0.25, 0.3) is 5.91 Å². The lowest BCUT2D eigenvalue weighted by Gasteiger charge is -2.11. The first-order valence-corrected chi connectivity index (χ1v) is 5.82. The van der Waals surface area contributed by atoms with Crippen LogP contribution in [0.5, 0.6) is 5.75 Å². The first-order valence-electron chi connectivity index (χ1n) is 5.82. The average molecular weight is 274 g/mol. The third kappa shape index (κ3) is 5.27. The average Bonchev–Trinajstić information content (AvgIpc) is 2.46. The summed E-state index contributed by atoms with van der Waals surface area (Å²) < 4.78 is 5.12. The molecule has 8 nitrogen and oxygen atoms in total. The van der Waals surface area contributed by atoms with E-state index in [1.807, 2.05) is 0 Å². The fourth-order valence-electron chi connectivity index (χ4n) is 1.45. The standard InChI is InChI=1S/C12H14N6O2/c13-7-11(16-5-6-17-18-15)9-1-3-10(4-2-9)20-8-12(14)19/h1-4,11,16H,5-6,8H2,(H2,14,19). The number of nitrogens with two attached hydrogens (primary N) is 1. The van der Waals surface area contributed by atoms with Gasteiger partial charge in [0.2, 0.25) is 0 Å². The Morgan fingerprint density at radius 2 is 2.25 bits per heavy atom. The Balaban J connectivity index is 2.58. The van der Waals surface area contributed by atoms with E-state index >= 15 is 0 Å². The van der Waals surface area contributed by atoms with E-state index in [-0.39, 0.29) is 13.2 Å². The highest BCUT2D eigenvalue weighted by Crippen LogP contribution is 2.17. The summed E-state index contributed by atoms with van der Waals surface area (Å²) in [6, 6.07) is 8.33. The molecule has 1 aromatic carbocycles. The topological polar surface area (TPSA) is 137 Å². The number of hydrogen-bond acceptors (Lipinski definition) is 5. The van der Waals surface area contributed by atoms with Gasteiger partial charge in [0.1, 0.15) is 11.8 Å². The van der Waals surface area contributed by atoms with Crippen LogP contribution in [0.2, 0.25) is 0 Å². The molecule has 0 aliphatic heterocycles. The van der Waals surface area contributed by atoms with E-state index in [1.54, 1.807) is 24.3 Å². The molecule has 1 unspecified atom stereocenters. The second-order valence-corrected chi connectivity index (χ2v) is 3.79. The van der Waals surface area contributed by atoms with Crippen molar-refractivity contribution < 1.29 is 9.53 Å². The molecule has 0 aliphatic carbocycles. The molecule has 0 fully saturated rings. The Labute approximate surface area is 115 Å².